The molecule has 122 valence electrons. The highest BCUT2D eigenvalue weighted by Gasteiger charge is 2.19. The molecule has 4 heteroatoms. The molecule has 3 nitrogen and oxygen atoms in total. The number of nitrogens with one attached hydrogen (secondary N) is 1. The molecule has 0 amide bonds. The summed E-state index contributed by atoms with van der Waals surface area (Å²) in [7, 11) is 0. The number of hydrogen-bond acceptors (Lipinski definition) is 1. The van der Waals surface area contributed by atoms with Gasteiger partial charge in [0.1, 0.15) is 0 Å². The van der Waals surface area contributed by atoms with Crippen molar-refractivity contribution in [3.8, 4) is 0 Å². The normalized spacial score (nSPS) is 22.5. The van der Waals surface area contributed by atoms with Crippen LogP contribution in [-0.4, -0.2) is 18.5 Å². The number of rotatable bonds is 3. The summed E-state index contributed by atoms with van der Waals surface area (Å²) < 4.78 is 0. The third-order valence-electron chi connectivity index (χ3n) is 4.93. The monoisotopic (exact) mass is 413 g/mol. The molecule has 2 aliphatic carbocycles. The van der Waals surface area contributed by atoms with Gasteiger partial charge in [-0.1, -0.05) is 43.5 Å². The maximum Gasteiger partial charge on any atom is 0.188 e. The molecular weight excluding hydrogens is 385 g/mol. The van der Waals surface area contributed by atoms with E-state index in [-0.39, 0.29) is 24.0 Å². The van der Waals surface area contributed by atoms with Crippen molar-refractivity contribution >= 4 is 29.9 Å². The maximum atomic E-state index is 6.08. The number of fused-ring (bicyclic) bond motifs is 1. The summed E-state index contributed by atoms with van der Waals surface area (Å²) in [5.74, 6) is 1.19. The predicted octanol–water partition coefficient (Wildman–Crippen LogP) is 3.96. The van der Waals surface area contributed by atoms with Gasteiger partial charge in [0.15, 0.2) is 5.96 Å². The van der Waals surface area contributed by atoms with Crippen molar-refractivity contribution in [1.82, 2.24) is 5.32 Å². The molecule has 22 heavy (non-hydrogen) atoms. The molecule has 0 aromatic heterocycles. The molecule has 3 rings (SSSR count). The van der Waals surface area contributed by atoms with Crippen molar-refractivity contribution < 1.29 is 0 Å². The summed E-state index contributed by atoms with van der Waals surface area (Å²) in [5, 5.41) is 3.41. The fraction of sp³-hybridized carbons (Fsp3) is 0.611. The molecule has 0 radical (unpaired) electrons. The average molecular weight is 413 g/mol. The first-order chi connectivity index (χ1) is 10.3. The number of halogens is 1. The van der Waals surface area contributed by atoms with Gasteiger partial charge in [0.25, 0.3) is 0 Å². The Kier molecular flexibility index (Phi) is 6.99. The average Bonchev–Trinajstić information content (AvgIpc) is 2.54. The molecule has 1 atom stereocenters. The summed E-state index contributed by atoms with van der Waals surface area (Å²) in [4.78, 5) is 4.62. The van der Waals surface area contributed by atoms with Gasteiger partial charge in [0, 0.05) is 18.5 Å². The summed E-state index contributed by atoms with van der Waals surface area (Å²) in [5.41, 5.74) is 9.07. The van der Waals surface area contributed by atoms with Crippen molar-refractivity contribution in [1.29, 1.82) is 0 Å². The molecule has 0 aliphatic heterocycles. The zero-order chi connectivity index (χ0) is 14.5. The van der Waals surface area contributed by atoms with E-state index in [0.29, 0.717) is 17.9 Å². The van der Waals surface area contributed by atoms with Gasteiger partial charge in [-0.2, -0.15) is 0 Å². The van der Waals surface area contributed by atoms with Crippen LogP contribution < -0.4 is 11.1 Å². The van der Waals surface area contributed by atoms with Gasteiger partial charge in [0.2, 0.25) is 0 Å². The Hall–Kier alpha value is -0.780. The van der Waals surface area contributed by atoms with Gasteiger partial charge < -0.3 is 11.1 Å². The molecule has 1 unspecified atom stereocenters. The third kappa shape index (κ3) is 4.61. The smallest absolute Gasteiger partial charge is 0.188 e. The van der Waals surface area contributed by atoms with Crippen molar-refractivity contribution in [3.63, 3.8) is 0 Å². The van der Waals surface area contributed by atoms with Crippen LogP contribution in [0.15, 0.2) is 29.3 Å². The molecule has 0 bridgehead atoms. The first kappa shape index (κ1) is 17.6. The molecule has 1 aromatic rings. The van der Waals surface area contributed by atoms with E-state index in [1.54, 1.807) is 0 Å². The molecule has 1 saturated carbocycles. The molecular formula is C18H28IN3. The SMILES string of the molecule is I.NC(=NCC1CCCc2ccccc21)NC1CCCCC1. The first-order valence-corrected chi connectivity index (χ1v) is 8.47. The Balaban J connectivity index is 0.00000176. The number of nitrogens with zero attached hydrogens (tertiary/aromatic N) is 1. The van der Waals surface area contributed by atoms with Crippen LogP contribution >= 0.6 is 24.0 Å². The zero-order valence-electron chi connectivity index (χ0n) is 13.3. The van der Waals surface area contributed by atoms with Crippen molar-refractivity contribution in [2.45, 2.75) is 63.3 Å². The van der Waals surface area contributed by atoms with E-state index in [1.165, 1.54) is 62.5 Å². The minimum Gasteiger partial charge on any atom is -0.370 e. The Bertz CT molecular complexity index is 495. The van der Waals surface area contributed by atoms with Gasteiger partial charge in [-0.3, -0.25) is 4.99 Å². The Morgan fingerprint density at radius 3 is 2.68 bits per heavy atom. The minimum absolute atomic E-state index is 0. The van der Waals surface area contributed by atoms with E-state index in [0.717, 1.165) is 6.54 Å². The van der Waals surface area contributed by atoms with Crippen LogP contribution in [0.25, 0.3) is 0 Å². The number of guanidine groups is 1. The summed E-state index contributed by atoms with van der Waals surface area (Å²) in [6.45, 7) is 0.822. The highest BCUT2D eigenvalue weighted by atomic mass is 127. The van der Waals surface area contributed by atoms with Crippen LogP contribution in [0.5, 0.6) is 0 Å². The van der Waals surface area contributed by atoms with Crippen molar-refractivity contribution in [2.24, 2.45) is 10.7 Å². The Labute approximate surface area is 151 Å². The quantitative estimate of drug-likeness (QED) is 0.448. The highest BCUT2D eigenvalue weighted by Crippen LogP contribution is 2.31. The fourth-order valence-electron chi connectivity index (χ4n) is 3.75. The van der Waals surface area contributed by atoms with Crippen LogP contribution in [0.1, 0.15) is 62.0 Å². The minimum atomic E-state index is 0. The molecule has 2 aliphatic rings. The number of hydrogen-bond donors (Lipinski definition) is 2. The third-order valence-corrected chi connectivity index (χ3v) is 4.93. The van der Waals surface area contributed by atoms with Crippen molar-refractivity contribution in [2.75, 3.05) is 6.54 Å². The van der Waals surface area contributed by atoms with Gasteiger partial charge in [-0.15, -0.1) is 24.0 Å². The fourth-order valence-corrected chi connectivity index (χ4v) is 3.75. The topological polar surface area (TPSA) is 50.4 Å². The van der Waals surface area contributed by atoms with Crippen LogP contribution in [-0.2, 0) is 6.42 Å². The second kappa shape index (κ2) is 8.75. The van der Waals surface area contributed by atoms with E-state index in [4.69, 9.17) is 5.73 Å². The number of benzene rings is 1. The van der Waals surface area contributed by atoms with Gasteiger partial charge in [-0.25, -0.2) is 0 Å². The van der Waals surface area contributed by atoms with E-state index in [2.05, 4.69) is 34.6 Å². The van der Waals surface area contributed by atoms with Gasteiger partial charge in [0.05, 0.1) is 0 Å². The Morgan fingerprint density at radius 2 is 1.86 bits per heavy atom. The van der Waals surface area contributed by atoms with Gasteiger partial charge >= 0.3 is 0 Å². The molecule has 0 spiro atoms. The molecule has 0 heterocycles. The van der Waals surface area contributed by atoms with Gasteiger partial charge in [-0.05, 0) is 43.2 Å². The maximum absolute atomic E-state index is 6.08. The van der Waals surface area contributed by atoms with Crippen LogP contribution in [0, 0.1) is 0 Å². The lowest BCUT2D eigenvalue weighted by Gasteiger charge is -2.25. The predicted molar refractivity (Wildman–Crippen MR) is 104 cm³/mol. The van der Waals surface area contributed by atoms with Crippen LogP contribution in [0.2, 0.25) is 0 Å². The van der Waals surface area contributed by atoms with Crippen LogP contribution in [0.3, 0.4) is 0 Å². The lowest BCUT2D eigenvalue weighted by molar-refractivity contribution is 0.412. The first-order valence-electron chi connectivity index (χ1n) is 8.47. The number of aryl methyl sites for hydroxylation is 1. The Morgan fingerprint density at radius 1 is 1.09 bits per heavy atom. The zero-order valence-corrected chi connectivity index (χ0v) is 15.6. The summed E-state index contributed by atoms with van der Waals surface area (Å²) in [6.07, 6.45) is 10.2. The lowest BCUT2D eigenvalue weighted by Crippen LogP contribution is -2.41. The largest absolute Gasteiger partial charge is 0.370 e. The lowest BCUT2D eigenvalue weighted by atomic mass is 9.83. The highest BCUT2D eigenvalue weighted by molar-refractivity contribution is 14.0. The second-order valence-electron chi connectivity index (χ2n) is 6.49. The van der Waals surface area contributed by atoms with E-state index < -0.39 is 0 Å². The van der Waals surface area contributed by atoms with Crippen molar-refractivity contribution in [3.05, 3.63) is 35.4 Å². The molecule has 1 aromatic carbocycles. The molecule has 3 N–H and O–H groups in total. The molecule has 0 saturated heterocycles. The summed E-state index contributed by atoms with van der Waals surface area (Å²) in [6, 6.07) is 9.35. The summed E-state index contributed by atoms with van der Waals surface area (Å²) >= 11 is 0. The van der Waals surface area contributed by atoms with Crippen LogP contribution in [0.4, 0.5) is 0 Å². The van der Waals surface area contributed by atoms with E-state index in [1.807, 2.05) is 0 Å². The standard InChI is InChI=1S/C18H27N3.HI/c19-18(21-16-10-2-1-3-11-16)20-13-15-9-6-8-14-7-4-5-12-17(14)15;/h4-5,7,12,15-16H,1-3,6,8-11,13H2,(H3,19,20,21);1H. The second-order valence-corrected chi connectivity index (χ2v) is 6.49. The number of aliphatic imine (C=N–C) groups is 1. The number of nitrogens with two attached hydrogens (primary N) is 1. The van der Waals surface area contributed by atoms with E-state index in [9.17, 15) is 0 Å². The van der Waals surface area contributed by atoms with E-state index >= 15 is 0 Å². The molecule has 1 fully saturated rings.